The maximum atomic E-state index is 12.1. The first-order valence-electron chi connectivity index (χ1n) is 11.6. The van der Waals surface area contributed by atoms with Crippen molar-refractivity contribution in [3.8, 4) is 0 Å². The predicted octanol–water partition coefficient (Wildman–Crippen LogP) is 3.47. The van der Waals surface area contributed by atoms with Crippen LogP contribution in [0.2, 0.25) is 0 Å². The van der Waals surface area contributed by atoms with Gasteiger partial charge in [0, 0.05) is 12.8 Å². The molecule has 4 rings (SSSR count). The van der Waals surface area contributed by atoms with E-state index in [0.29, 0.717) is 42.2 Å². The standard InChI is InChI=1S/C23H40N2O3/c1-21-9-6-18(26)15-17(21)3-4-20-19(21)7-10-22(2)16(5-11-23(20,22)27)8-13-25-28-14-12-24/h13,16-20,26-27H,3-12,14-15,24H2,1-2H3/t16?,17?,18?,19-,20-,21+,22-,23-/m1/s1. The van der Waals surface area contributed by atoms with Crippen LogP contribution in [-0.2, 0) is 4.84 Å². The van der Waals surface area contributed by atoms with Crippen molar-refractivity contribution < 1.29 is 15.1 Å². The summed E-state index contributed by atoms with van der Waals surface area (Å²) in [5, 5.41) is 26.3. The fourth-order valence-electron chi connectivity index (χ4n) is 8.02. The average molecular weight is 393 g/mol. The minimum absolute atomic E-state index is 0.0224. The van der Waals surface area contributed by atoms with Gasteiger partial charge < -0.3 is 20.8 Å². The van der Waals surface area contributed by atoms with E-state index in [1.165, 1.54) is 12.8 Å². The summed E-state index contributed by atoms with van der Waals surface area (Å²) in [5.41, 5.74) is 5.17. The lowest BCUT2D eigenvalue weighted by Gasteiger charge is -2.63. The highest BCUT2D eigenvalue weighted by molar-refractivity contribution is 5.57. The molecule has 5 nitrogen and oxygen atoms in total. The van der Waals surface area contributed by atoms with Gasteiger partial charge >= 0.3 is 0 Å². The van der Waals surface area contributed by atoms with E-state index in [1.54, 1.807) is 0 Å². The van der Waals surface area contributed by atoms with Gasteiger partial charge in [0.05, 0.1) is 11.7 Å². The summed E-state index contributed by atoms with van der Waals surface area (Å²) in [6, 6.07) is 0. The Bertz CT molecular complexity index is 598. The van der Waals surface area contributed by atoms with Gasteiger partial charge in [-0.15, -0.1) is 0 Å². The van der Waals surface area contributed by atoms with E-state index >= 15 is 0 Å². The lowest BCUT2D eigenvalue weighted by Crippen LogP contribution is -2.62. The van der Waals surface area contributed by atoms with Crippen LogP contribution in [0.4, 0.5) is 0 Å². The van der Waals surface area contributed by atoms with Crippen molar-refractivity contribution in [2.75, 3.05) is 13.2 Å². The Hall–Kier alpha value is -0.650. The van der Waals surface area contributed by atoms with Crippen LogP contribution in [-0.4, -0.2) is 41.3 Å². The molecule has 0 radical (unpaired) electrons. The molecule has 0 aromatic rings. The summed E-state index contributed by atoms with van der Waals surface area (Å²) >= 11 is 0. The number of nitrogens with zero attached hydrogens (tertiary/aromatic N) is 1. The van der Waals surface area contributed by atoms with Crippen molar-refractivity contribution in [1.82, 2.24) is 0 Å². The largest absolute Gasteiger partial charge is 0.395 e. The molecule has 28 heavy (non-hydrogen) atoms. The maximum Gasteiger partial charge on any atom is 0.129 e. The van der Waals surface area contributed by atoms with Crippen LogP contribution < -0.4 is 5.73 Å². The first-order valence-corrected chi connectivity index (χ1v) is 11.6. The third kappa shape index (κ3) is 3.04. The van der Waals surface area contributed by atoms with Crippen molar-refractivity contribution in [2.45, 2.75) is 89.8 Å². The Morgan fingerprint density at radius 1 is 1.07 bits per heavy atom. The van der Waals surface area contributed by atoms with Gasteiger partial charge in [0.1, 0.15) is 6.61 Å². The highest BCUT2D eigenvalue weighted by atomic mass is 16.6. The Balaban J connectivity index is 1.51. The quantitative estimate of drug-likeness (QED) is 0.380. The van der Waals surface area contributed by atoms with Crippen LogP contribution in [0.15, 0.2) is 5.16 Å². The molecule has 5 heteroatoms. The Labute approximate surface area is 170 Å². The lowest BCUT2D eigenvalue weighted by molar-refractivity contribution is -0.209. The summed E-state index contributed by atoms with van der Waals surface area (Å²) in [5.74, 6) is 2.13. The molecule has 4 aliphatic carbocycles. The molecule has 4 saturated carbocycles. The van der Waals surface area contributed by atoms with E-state index in [0.717, 1.165) is 51.4 Å². The normalized spacial score (nSPS) is 50.8. The number of aliphatic hydroxyl groups is 2. The number of aliphatic hydroxyl groups excluding tert-OH is 1. The smallest absolute Gasteiger partial charge is 0.129 e. The summed E-state index contributed by atoms with van der Waals surface area (Å²) in [7, 11) is 0. The van der Waals surface area contributed by atoms with Crippen LogP contribution in [0.5, 0.6) is 0 Å². The molecule has 0 aliphatic heterocycles. The van der Waals surface area contributed by atoms with Gasteiger partial charge in [-0.1, -0.05) is 19.0 Å². The number of rotatable bonds is 5. The van der Waals surface area contributed by atoms with Crippen molar-refractivity contribution in [3.63, 3.8) is 0 Å². The molecule has 0 spiro atoms. The molecule has 0 aromatic heterocycles. The fourth-order valence-corrected chi connectivity index (χ4v) is 8.02. The summed E-state index contributed by atoms with van der Waals surface area (Å²) in [4.78, 5) is 5.17. The van der Waals surface area contributed by atoms with Crippen LogP contribution in [0.1, 0.15) is 78.1 Å². The number of fused-ring (bicyclic) bond motifs is 5. The van der Waals surface area contributed by atoms with Crippen LogP contribution in [0.3, 0.4) is 0 Å². The second-order valence-electron chi connectivity index (χ2n) is 10.7. The monoisotopic (exact) mass is 392 g/mol. The van der Waals surface area contributed by atoms with Crippen molar-refractivity contribution in [2.24, 2.45) is 45.4 Å². The molecule has 4 N–H and O–H groups in total. The molecule has 4 aliphatic rings. The zero-order valence-electron chi connectivity index (χ0n) is 17.8. The van der Waals surface area contributed by atoms with Crippen molar-refractivity contribution in [1.29, 1.82) is 0 Å². The Morgan fingerprint density at radius 3 is 2.68 bits per heavy atom. The highest BCUT2D eigenvalue weighted by Crippen LogP contribution is 2.69. The van der Waals surface area contributed by atoms with Gasteiger partial charge in [-0.05, 0) is 98.7 Å². The zero-order chi connectivity index (χ0) is 20.0. The first kappa shape index (κ1) is 20.6. The maximum absolute atomic E-state index is 12.1. The molecular formula is C23H40N2O3. The Kier molecular flexibility index (Phi) is 5.56. The SMILES string of the molecule is C[C@]12CCC(O)CC1CC[C@@H]1[C@H]2CC[C@]2(C)C(CC=NOCCN)CC[C@@]12O. The van der Waals surface area contributed by atoms with E-state index in [9.17, 15) is 10.2 Å². The molecule has 0 saturated heterocycles. The van der Waals surface area contributed by atoms with E-state index in [4.69, 9.17) is 10.6 Å². The zero-order valence-corrected chi connectivity index (χ0v) is 17.8. The topological polar surface area (TPSA) is 88.1 Å². The molecule has 0 bridgehead atoms. The fraction of sp³-hybridized carbons (Fsp3) is 0.957. The third-order valence-electron chi connectivity index (χ3n) is 9.76. The second kappa shape index (κ2) is 7.55. The number of hydrogen-bond acceptors (Lipinski definition) is 5. The highest BCUT2D eigenvalue weighted by Gasteiger charge is 2.66. The van der Waals surface area contributed by atoms with Gasteiger partial charge in [0.15, 0.2) is 0 Å². The molecule has 0 heterocycles. The predicted molar refractivity (Wildman–Crippen MR) is 111 cm³/mol. The molecular weight excluding hydrogens is 352 g/mol. The van der Waals surface area contributed by atoms with Gasteiger partial charge in [0.2, 0.25) is 0 Å². The minimum atomic E-state index is -0.545. The number of hydrogen-bond donors (Lipinski definition) is 3. The number of oxime groups is 1. The van der Waals surface area contributed by atoms with Gasteiger partial charge in [-0.2, -0.15) is 0 Å². The molecule has 8 atom stereocenters. The van der Waals surface area contributed by atoms with Crippen molar-refractivity contribution >= 4 is 6.21 Å². The Morgan fingerprint density at radius 2 is 1.89 bits per heavy atom. The summed E-state index contributed by atoms with van der Waals surface area (Å²) in [6.07, 6.45) is 12.3. The molecule has 160 valence electrons. The summed E-state index contributed by atoms with van der Waals surface area (Å²) < 4.78 is 0. The minimum Gasteiger partial charge on any atom is -0.395 e. The van der Waals surface area contributed by atoms with Gasteiger partial charge in [-0.3, -0.25) is 0 Å². The lowest BCUT2D eigenvalue weighted by atomic mass is 9.43. The van der Waals surface area contributed by atoms with Crippen LogP contribution in [0, 0.1) is 34.5 Å². The van der Waals surface area contributed by atoms with E-state index in [1.807, 2.05) is 6.21 Å². The van der Waals surface area contributed by atoms with E-state index < -0.39 is 5.60 Å². The van der Waals surface area contributed by atoms with Crippen molar-refractivity contribution in [3.05, 3.63) is 0 Å². The first-order chi connectivity index (χ1) is 13.3. The van der Waals surface area contributed by atoms with Gasteiger partial charge in [0.25, 0.3) is 0 Å². The molecule has 0 amide bonds. The molecule has 4 fully saturated rings. The third-order valence-corrected chi connectivity index (χ3v) is 9.76. The number of nitrogens with two attached hydrogens (primary N) is 1. The molecule has 3 unspecified atom stereocenters. The van der Waals surface area contributed by atoms with Gasteiger partial charge in [-0.25, -0.2) is 0 Å². The summed E-state index contributed by atoms with van der Waals surface area (Å²) in [6.45, 7) is 5.76. The van der Waals surface area contributed by atoms with E-state index in [-0.39, 0.29) is 11.5 Å². The van der Waals surface area contributed by atoms with Crippen LogP contribution in [0.25, 0.3) is 0 Å². The second-order valence-corrected chi connectivity index (χ2v) is 10.7. The molecule has 0 aromatic carbocycles. The average Bonchev–Trinajstić information content (AvgIpc) is 2.93. The van der Waals surface area contributed by atoms with E-state index in [2.05, 4.69) is 19.0 Å². The van der Waals surface area contributed by atoms with Crippen LogP contribution >= 0.6 is 0 Å².